The Kier molecular flexibility index (Phi) is 2.77. The van der Waals surface area contributed by atoms with E-state index < -0.39 is 12.2 Å². The van der Waals surface area contributed by atoms with Crippen LogP contribution in [0.1, 0.15) is 11.7 Å². The average molecular weight is 211 g/mol. The summed E-state index contributed by atoms with van der Waals surface area (Å²) >= 11 is 5.48. The maximum absolute atomic E-state index is 12.1. The first-order valence-corrected chi connectivity index (χ1v) is 3.73. The van der Waals surface area contributed by atoms with Crippen LogP contribution in [0, 0.1) is 0 Å². The number of hydrogen-bond donors (Lipinski definition) is 1. The first kappa shape index (κ1) is 10.3. The summed E-state index contributed by atoms with van der Waals surface area (Å²) in [6.07, 6.45) is -3.30. The van der Waals surface area contributed by atoms with Crippen molar-refractivity contribution in [3.05, 3.63) is 29.0 Å². The van der Waals surface area contributed by atoms with Gasteiger partial charge in [0.2, 0.25) is 0 Å². The molecule has 1 aromatic heterocycles. The van der Waals surface area contributed by atoms with Gasteiger partial charge < -0.3 is 5.73 Å². The second-order valence-corrected chi connectivity index (χ2v) is 2.80. The Morgan fingerprint density at radius 1 is 1.46 bits per heavy atom. The van der Waals surface area contributed by atoms with E-state index in [1.165, 1.54) is 18.3 Å². The van der Waals surface area contributed by atoms with Crippen molar-refractivity contribution < 1.29 is 13.2 Å². The van der Waals surface area contributed by atoms with Gasteiger partial charge in [0.05, 0.1) is 10.7 Å². The molecule has 72 valence electrons. The van der Waals surface area contributed by atoms with Gasteiger partial charge in [-0.15, -0.1) is 0 Å². The third-order valence-electron chi connectivity index (χ3n) is 1.43. The molecule has 1 atom stereocenters. The summed E-state index contributed by atoms with van der Waals surface area (Å²) in [5.41, 5.74) is 4.55. The average Bonchev–Trinajstić information content (AvgIpc) is 2.02. The van der Waals surface area contributed by atoms with E-state index in [4.69, 9.17) is 17.3 Å². The second kappa shape index (κ2) is 3.51. The highest BCUT2D eigenvalue weighted by atomic mass is 35.5. The van der Waals surface area contributed by atoms with Gasteiger partial charge in [0.15, 0.2) is 0 Å². The summed E-state index contributed by atoms with van der Waals surface area (Å²) in [5.74, 6) is 0. The molecule has 0 spiro atoms. The largest absolute Gasteiger partial charge is 0.409 e. The predicted octanol–water partition coefficient (Wildman–Crippen LogP) is 2.30. The molecule has 0 saturated heterocycles. The number of halogens is 4. The lowest BCUT2D eigenvalue weighted by atomic mass is 10.2. The van der Waals surface area contributed by atoms with Crippen LogP contribution in [-0.2, 0) is 0 Å². The molecular weight excluding hydrogens is 205 g/mol. The number of alkyl halides is 3. The lowest BCUT2D eigenvalue weighted by molar-refractivity contribution is -0.149. The Morgan fingerprint density at radius 3 is 2.54 bits per heavy atom. The molecule has 0 unspecified atom stereocenters. The van der Waals surface area contributed by atoms with Gasteiger partial charge in [-0.25, -0.2) is 0 Å². The zero-order valence-corrected chi connectivity index (χ0v) is 7.10. The fourth-order valence-corrected chi connectivity index (χ4v) is 1.02. The molecule has 13 heavy (non-hydrogen) atoms. The molecule has 2 nitrogen and oxygen atoms in total. The molecule has 0 amide bonds. The summed E-state index contributed by atoms with van der Waals surface area (Å²) in [5, 5.41) is -0.0766. The number of nitrogens with two attached hydrogens (primary N) is 1. The van der Waals surface area contributed by atoms with Crippen molar-refractivity contribution in [3.63, 3.8) is 0 Å². The van der Waals surface area contributed by atoms with Crippen LogP contribution in [0.2, 0.25) is 5.02 Å². The highest BCUT2D eigenvalue weighted by molar-refractivity contribution is 6.31. The van der Waals surface area contributed by atoms with Gasteiger partial charge in [-0.1, -0.05) is 11.6 Å². The molecule has 0 saturated carbocycles. The third kappa shape index (κ3) is 2.32. The molecule has 2 N–H and O–H groups in total. The van der Waals surface area contributed by atoms with Gasteiger partial charge in [0, 0.05) is 6.20 Å². The van der Waals surface area contributed by atoms with Gasteiger partial charge in [-0.2, -0.15) is 13.2 Å². The summed E-state index contributed by atoms with van der Waals surface area (Å²) in [6.45, 7) is 0. The Balaban J connectivity index is 3.02. The summed E-state index contributed by atoms with van der Waals surface area (Å²) < 4.78 is 36.3. The third-order valence-corrected chi connectivity index (χ3v) is 1.75. The maximum atomic E-state index is 12.1. The molecule has 1 rings (SSSR count). The Hall–Kier alpha value is -0.810. The van der Waals surface area contributed by atoms with Crippen LogP contribution in [0.4, 0.5) is 13.2 Å². The summed E-state index contributed by atoms with van der Waals surface area (Å²) in [4.78, 5) is 3.47. The number of rotatable bonds is 1. The normalized spacial score (nSPS) is 14.2. The van der Waals surface area contributed by atoms with Crippen LogP contribution in [0.25, 0.3) is 0 Å². The molecule has 0 aliphatic heterocycles. The topological polar surface area (TPSA) is 38.9 Å². The number of hydrogen-bond acceptors (Lipinski definition) is 2. The van der Waals surface area contributed by atoms with Crippen molar-refractivity contribution in [2.75, 3.05) is 0 Å². The van der Waals surface area contributed by atoms with Gasteiger partial charge in [-0.05, 0) is 12.1 Å². The van der Waals surface area contributed by atoms with Gasteiger partial charge >= 0.3 is 6.18 Å². The van der Waals surface area contributed by atoms with Crippen molar-refractivity contribution in [2.45, 2.75) is 12.2 Å². The van der Waals surface area contributed by atoms with Gasteiger partial charge in [0.25, 0.3) is 0 Å². The molecule has 0 radical (unpaired) electrons. The standard InChI is InChI=1S/C7H6ClF3N2/c8-4-2-1-3-13-5(4)6(12)7(9,10)11/h1-3,6H,12H2/t6-/m1/s1. The minimum absolute atomic E-state index is 0.0766. The number of aromatic nitrogens is 1. The molecule has 0 aromatic carbocycles. The minimum Gasteiger partial charge on any atom is -0.315 e. The van der Waals surface area contributed by atoms with E-state index >= 15 is 0 Å². The molecule has 6 heteroatoms. The van der Waals surface area contributed by atoms with E-state index in [-0.39, 0.29) is 10.7 Å². The molecule has 0 bridgehead atoms. The molecule has 1 aromatic rings. The molecule has 0 aliphatic rings. The van der Waals surface area contributed by atoms with Crippen LogP contribution >= 0.6 is 11.6 Å². The summed E-state index contributed by atoms with van der Waals surface area (Å²) in [6, 6.07) is 0.630. The lowest BCUT2D eigenvalue weighted by Crippen LogP contribution is -2.29. The number of nitrogens with zero attached hydrogens (tertiary/aromatic N) is 1. The van der Waals surface area contributed by atoms with Crippen molar-refractivity contribution in [3.8, 4) is 0 Å². The fraction of sp³-hybridized carbons (Fsp3) is 0.286. The highest BCUT2D eigenvalue weighted by Gasteiger charge is 2.39. The molecule has 0 fully saturated rings. The van der Waals surface area contributed by atoms with Crippen molar-refractivity contribution in [2.24, 2.45) is 5.73 Å². The summed E-state index contributed by atoms with van der Waals surface area (Å²) in [7, 11) is 0. The minimum atomic E-state index is -4.52. The van der Waals surface area contributed by atoms with Gasteiger partial charge in [0.1, 0.15) is 6.04 Å². The van der Waals surface area contributed by atoms with Crippen LogP contribution < -0.4 is 5.73 Å². The van der Waals surface area contributed by atoms with E-state index in [1.807, 2.05) is 0 Å². The first-order chi connectivity index (χ1) is 5.93. The fourth-order valence-electron chi connectivity index (χ4n) is 0.782. The SMILES string of the molecule is N[C@H](c1ncccc1Cl)C(F)(F)F. The van der Waals surface area contributed by atoms with E-state index in [0.29, 0.717) is 0 Å². The van der Waals surface area contributed by atoms with Crippen molar-refractivity contribution in [1.82, 2.24) is 4.98 Å². The highest BCUT2D eigenvalue weighted by Crippen LogP contribution is 2.32. The molecular formula is C7H6ClF3N2. The van der Waals surface area contributed by atoms with E-state index in [0.717, 1.165) is 0 Å². The van der Waals surface area contributed by atoms with E-state index in [1.54, 1.807) is 0 Å². The number of pyridine rings is 1. The van der Waals surface area contributed by atoms with E-state index in [2.05, 4.69) is 4.98 Å². The van der Waals surface area contributed by atoms with Crippen molar-refractivity contribution in [1.29, 1.82) is 0 Å². The van der Waals surface area contributed by atoms with Crippen LogP contribution in [0.15, 0.2) is 18.3 Å². The zero-order valence-electron chi connectivity index (χ0n) is 6.35. The lowest BCUT2D eigenvalue weighted by Gasteiger charge is -2.15. The van der Waals surface area contributed by atoms with Crippen LogP contribution in [0.3, 0.4) is 0 Å². The van der Waals surface area contributed by atoms with Crippen LogP contribution in [0.5, 0.6) is 0 Å². The smallest absolute Gasteiger partial charge is 0.315 e. The first-order valence-electron chi connectivity index (χ1n) is 3.35. The molecule has 0 aliphatic carbocycles. The van der Waals surface area contributed by atoms with Crippen molar-refractivity contribution >= 4 is 11.6 Å². The zero-order chi connectivity index (χ0) is 10.1. The Bertz CT molecular complexity index is 300. The molecule has 1 heterocycles. The monoisotopic (exact) mass is 210 g/mol. The van der Waals surface area contributed by atoms with Gasteiger partial charge in [-0.3, -0.25) is 4.98 Å². The Labute approximate surface area is 77.5 Å². The second-order valence-electron chi connectivity index (χ2n) is 2.39. The maximum Gasteiger partial charge on any atom is 0.409 e. The predicted molar refractivity (Wildman–Crippen MR) is 42.2 cm³/mol. The quantitative estimate of drug-likeness (QED) is 0.773. The van der Waals surface area contributed by atoms with E-state index in [9.17, 15) is 13.2 Å². The Morgan fingerprint density at radius 2 is 2.08 bits per heavy atom. The van der Waals surface area contributed by atoms with Crippen LogP contribution in [-0.4, -0.2) is 11.2 Å².